The Hall–Kier alpha value is -1.95. The first-order valence-corrected chi connectivity index (χ1v) is 10.3. The number of aromatic nitrogens is 1. The first-order valence-electron chi connectivity index (χ1n) is 10.3. The number of benzene rings is 1. The first-order chi connectivity index (χ1) is 13.5. The van der Waals surface area contributed by atoms with Crippen LogP contribution in [0, 0.1) is 13.8 Å². The monoisotopic (exact) mass is 382 g/mol. The largest absolute Gasteiger partial charge is 0.487 e. The summed E-state index contributed by atoms with van der Waals surface area (Å²) in [6, 6.07) is 10.9. The van der Waals surface area contributed by atoms with Crippen LogP contribution in [0.25, 0.3) is 0 Å². The van der Waals surface area contributed by atoms with Crippen LogP contribution < -0.4 is 10.1 Å². The lowest BCUT2D eigenvalue weighted by Crippen LogP contribution is -2.50. The van der Waals surface area contributed by atoms with Gasteiger partial charge in [-0.15, -0.1) is 0 Å². The molecule has 1 atom stereocenters. The standard InChI is InChI=1S/C23H34N4O/c1-18-13-21(16-24-15-20(3)27-11-9-26(4)10-12-27)14-19(2)23(18)28-17-22-7-5-6-8-25-22/h5-8,13-14,20,24H,9-12,15-17H2,1-4H3. The van der Waals surface area contributed by atoms with E-state index >= 15 is 0 Å². The summed E-state index contributed by atoms with van der Waals surface area (Å²) in [4.78, 5) is 9.31. The molecule has 3 rings (SSSR count). The Bertz CT molecular complexity index is 719. The van der Waals surface area contributed by atoms with Crippen LogP contribution in [0.3, 0.4) is 0 Å². The van der Waals surface area contributed by atoms with Gasteiger partial charge in [0.15, 0.2) is 0 Å². The Morgan fingerprint density at radius 2 is 1.82 bits per heavy atom. The van der Waals surface area contributed by atoms with Crippen molar-refractivity contribution in [3.8, 4) is 5.75 Å². The molecule has 0 radical (unpaired) electrons. The van der Waals surface area contributed by atoms with Gasteiger partial charge in [0.25, 0.3) is 0 Å². The summed E-state index contributed by atoms with van der Waals surface area (Å²) in [5, 5.41) is 3.64. The third-order valence-electron chi connectivity index (χ3n) is 5.54. The Morgan fingerprint density at radius 1 is 1.11 bits per heavy atom. The number of rotatable bonds is 8. The molecule has 1 aliphatic rings. The third kappa shape index (κ3) is 5.77. The fraction of sp³-hybridized carbons (Fsp3) is 0.522. The van der Waals surface area contributed by atoms with Crippen LogP contribution in [0.15, 0.2) is 36.5 Å². The maximum atomic E-state index is 6.05. The zero-order chi connectivity index (χ0) is 19.9. The van der Waals surface area contributed by atoms with E-state index < -0.39 is 0 Å². The Balaban J connectivity index is 1.49. The minimum atomic E-state index is 0.503. The lowest BCUT2D eigenvalue weighted by atomic mass is 10.1. The molecule has 28 heavy (non-hydrogen) atoms. The van der Waals surface area contributed by atoms with Crippen LogP contribution in [0.2, 0.25) is 0 Å². The van der Waals surface area contributed by atoms with Crippen molar-refractivity contribution in [2.45, 2.75) is 40.0 Å². The molecule has 152 valence electrons. The molecule has 0 saturated carbocycles. The van der Waals surface area contributed by atoms with Crippen LogP contribution in [0.1, 0.15) is 29.3 Å². The van der Waals surface area contributed by atoms with E-state index in [1.54, 1.807) is 6.20 Å². The van der Waals surface area contributed by atoms with E-state index in [0.717, 1.165) is 24.5 Å². The van der Waals surface area contributed by atoms with E-state index in [-0.39, 0.29) is 0 Å². The first kappa shape index (κ1) is 20.8. The average Bonchev–Trinajstić information content (AvgIpc) is 2.68. The third-order valence-corrected chi connectivity index (χ3v) is 5.54. The molecule has 5 nitrogen and oxygen atoms in total. The van der Waals surface area contributed by atoms with Gasteiger partial charge in [0.05, 0.1) is 5.69 Å². The summed E-state index contributed by atoms with van der Waals surface area (Å²) in [5.74, 6) is 0.972. The van der Waals surface area contributed by atoms with Gasteiger partial charge in [0.1, 0.15) is 12.4 Å². The highest BCUT2D eigenvalue weighted by Crippen LogP contribution is 2.25. The number of piperazine rings is 1. The van der Waals surface area contributed by atoms with Gasteiger partial charge in [-0.2, -0.15) is 0 Å². The topological polar surface area (TPSA) is 40.6 Å². The SMILES string of the molecule is Cc1cc(CNCC(C)N2CCN(C)CC2)cc(C)c1OCc1ccccn1. The molecule has 0 aliphatic carbocycles. The number of aryl methyl sites for hydroxylation is 2. The minimum Gasteiger partial charge on any atom is -0.487 e. The average molecular weight is 383 g/mol. The van der Waals surface area contributed by atoms with Crippen molar-refractivity contribution in [3.05, 3.63) is 58.9 Å². The predicted octanol–water partition coefficient (Wildman–Crippen LogP) is 3.00. The van der Waals surface area contributed by atoms with Crippen molar-refractivity contribution in [1.82, 2.24) is 20.1 Å². The number of ether oxygens (including phenoxy) is 1. The Kier molecular flexibility index (Phi) is 7.43. The normalized spacial score (nSPS) is 16.9. The van der Waals surface area contributed by atoms with E-state index in [9.17, 15) is 0 Å². The molecule has 1 aliphatic heterocycles. The molecule has 1 fully saturated rings. The predicted molar refractivity (Wildman–Crippen MR) is 115 cm³/mol. The Labute approximate surface area is 169 Å². The van der Waals surface area contributed by atoms with Crippen molar-refractivity contribution in [2.75, 3.05) is 39.8 Å². The van der Waals surface area contributed by atoms with Crippen molar-refractivity contribution < 1.29 is 4.74 Å². The van der Waals surface area contributed by atoms with E-state index in [1.165, 1.54) is 42.9 Å². The molecule has 2 heterocycles. The fourth-order valence-corrected chi connectivity index (χ4v) is 3.82. The Morgan fingerprint density at radius 3 is 2.46 bits per heavy atom. The van der Waals surface area contributed by atoms with E-state index in [0.29, 0.717) is 12.6 Å². The molecule has 0 spiro atoms. The highest BCUT2D eigenvalue weighted by Gasteiger charge is 2.18. The zero-order valence-electron chi connectivity index (χ0n) is 17.7. The molecule has 1 aromatic heterocycles. The van der Waals surface area contributed by atoms with Crippen molar-refractivity contribution in [2.24, 2.45) is 0 Å². The van der Waals surface area contributed by atoms with Crippen molar-refractivity contribution >= 4 is 0 Å². The fourth-order valence-electron chi connectivity index (χ4n) is 3.82. The molecule has 1 N–H and O–H groups in total. The lowest BCUT2D eigenvalue weighted by Gasteiger charge is -2.36. The summed E-state index contributed by atoms with van der Waals surface area (Å²) < 4.78 is 6.05. The van der Waals surface area contributed by atoms with Gasteiger partial charge < -0.3 is 15.0 Å². The zero-order valence-corrected chi connectivity index (χ0v) is 17.7. The van der Waals surface area contributed by atoms with E-state index in [2.05, 4.69) is 60.1 Å². The smallest absolute Gasteiger partial charge is 0.130 e. The highest BCUT2D eigenvalue weighted by molar-refractivity contribution is 5.43. The van der Waals surface area contributed by atoms with Gasteiger partial charge in [-0.05, 0) is 56.6 Å². The van der Waals surface area contributed by atoms with Crippen molar-refractivity contribution in [3.63, 3.8) is 0 Å². The molecule has 0 amide bonds. The molecular formula is C23H34N4O. The molecule has 0 bridgehead atoms. The second-order valence-corrected chi connectivity index (χ2v) is 7.99. The van der Waals surface area contributed by atoms with Gasteiger partial charge >= 0.3 is 0 Å². The summed E-state index contributed by atoms with van der Waals surface area (Å²) in [6.45, 7) is 13.6. The molecular weight excluding hydrogens is 348 g/mol. The van der Waals surface area contributed by atoms with Gasteiger partial charge in [-0.1, -0.05) is 18.2 Å². The van der Waals surface area contributed by atoms with Crippen LogP contribution in [0.4, 0.5) is 0 Å². The summed E-state index contributed by atoms with van der Waals surface area (Å²) >= 11 is 0. The van der Waals surface area contributed by atoms with Crippen LogP contribution in [-0.2, 0) is 13.2 Å². The number of hydrogen-bond acceptors (Lipinski definition) is 5. The van der Waals surface area contributed by atoms with E-state index in [4.69, 9.17) is 4.74 Å². The van der Waals surface area contributed by atoms with Crippen molar-refractivity contribution in [1.29, 1.82) is 0 Å². The molecule has 2 aromatic rings. The summed E-state index contributed by atoms with van der Waals surface area (Å²) in [7, 11) is 2.20. The highest BCUT2D eigenvalue weighted by atomic mass is 16.5. The number of nitrogens with zero attached hydrogens (tertiary/aromatic N) is 3. The molecule has 5 heteroatoms. The molecule has 1 unspecified atom stereocenters. The molecule has 1 aromatic carbocycles. The molecule has 1 saturated heterocycles. The maximum Gasteiger partial charge on any atom is 0.130 e. The van der Waals surface area contributed by atoms with Crippen LogP contribution >= 0.6 is 0 Å². The lowest BCUT2D eigenvalue weighted by molar-refractivity contribution is 0.118. The van der Waals surface area contributed by atoms with Gasteiger partial charge in [-0.3, -0.25) is 9.88 Å². The summed E-state index contributed by atoms with van der Waals surface area (Å²) in [6.07, 6.45) is 1.80. The van der Waals surface area contributed by atoms with Crippen LogP contribution in [0.5, 0.6) is 5.75 Å². The number of pyridine rings is 1. The van der Waals surface area contributed by atoms with Gasteiger partial charge in [-0.25, -0.2) is 0 Å². The number of nitrogens with one attached hydrogen (secondary N) is 1. The van der Waals surface area contributed by atoms with Gasteiger partial charge in [0, 0.05) is 51.5 Å². The van der Waals surface area contributed by atoms with Crippen LogP contribution in [-0.4, -0.2) is 60.6 Å². The number of likely N-dealkylation sites (N-methyl/N-ethyl adjacent to an activating group) is 1. The second-order valence-electron chi connectivity index (χ2n) is 7.99. The van der Waals surface area contributed by atoms with Gasteiger partial charge in [0.2, 0.25) is 0 Å². The summed E-state index contributed by atoms with van der Waals surface area (Å²) in [5.41, 5.74) is 4.62. The quantitative estimate of drug-likeness (QED) is 0.760. The number of hydrogen-bond donors (Lipinski definition) is 1. The second kappa shape index (κ2) is 10.0. The van der Waals surface area contributed by atoms with E-state index in [1.807, 2.05) is 18.2 Å². The minimum absolute atomic E-state index is 0.503. The maximum absolute atomic E-state index is 6.05.